The highest BCUT2D eigenvalue weighted by Gasteiger charge is 2.05. The van der Waals surface area contributed by atoms with Gasteiger partial charge in [-0.15, -0.1) is 35.3 Å². The Morgan fingerprint density at radius 3 is 2.59 bits per heavy atom. The van der Waals surface area contributed by atoms with Crippen LogP contribution in [0.25, 0.3) is 0 Å². The van der Waals surface area contributed by atoms with Crippen LogP contribution >= 0.6 is 35.3 Å². The number of nitrogens with one attached hydrogen (secondary N) is 3. The van der Waals surface area contributed by atoms with Crippen LogP contribution in [-0.4, -0.2) is 42.0 Å². The Kier molecular flexibility index (Phi) is 10.9. The van der Waals surface area contributed by atoms with E-state index in [1.165, 1.54) is 4.88 Å². The predicted molar refractivity (Wildman–Crippen MR) is 122 cm³/mol. The van der Waals surface area contributed by atoms with Crippen LogP contribution in [0.15, 0.2) is 29.5 Å². The summed E-state index contributed by atoms with van der Waals surface area (Å²) in [6.45, 7) is 5.33. The molecule has 3 N–H and O–H groups in total. The van der Waals surface area contributed by atoms with Crippen molar-refractivity contribution in [3.05, 3.63) is 40.0 Å². The molecular formula is C18H27IN6OS. The van der Waals surface area contributed by atoms with E-state index in [0.29, 0.717) is 24.7 Å². The van der Waals surface area contributed by atoms with E-state index < -0.39 is 0 Å². The lowest BCUT2D eigenvalue weighted by molar-refractivity contribution is -0.116. The zero-order valence-electron chi connectivity index (χ0n) is 15.9. The molecule has 0 atom stereocenters. The summed E-state index contributed by atoms with van der Waals surface area (Å²) in [7, 11) is 1.71. The van der Waals surface area contributed by atoms with Gasteiger partial charge in [0.2, 0.25) is 5.91 Å². The van der Waals surface area contributed by atoms with Crippen LogP contribution in [0.2, 0.25) is 0 Å². The lowest BCUT2D eigenvalue weighted by Crippen LogP contribution is -2.39. The number of aliphatic imine (C=N–C) groups is 1. The Bertz CT molecular complexity index is 732. The fourth-order valence-electron chi connectivity index (χ4n) is 2.18. The maximum absolute atomic E-state index is 11.9. The van der Waals surface area contributed by atoms with E-state index in [1.54, 1.807) is 30.6 Å². The van der Waals surface area contributed by atoms with Crippen LogP contribution in [-0.2, 0) is 17.6 Å². The van der Waals surface area contributed by atoms with Crippen molar-refractivity contribution in [3.63, 3.8) is 0 Å². The van der Waals surface area contributed by atoms with Gasteiger partial charge >= 0.3 is 0 Å². The van der Waals surface area contributed by atoms with Crippen LogP contribution in [0.3, 0.4) is 0 Å². The number of carbonyl (C=O) groups is 1. The van der Waals surface area contributed by atoms with Crippen molar-refractivity contribution in [2.45, 2.75) is 33.1 Å². The lowest BCUT2D eigenvalue weighted by atomic mass is 10.3. The Balaban J connectivity index is 0.00000364. The number of hydrogen-bond acceptors (Lipinski definition) is 5. The minimum absolute atomic E-state index is 0. The summed E-state index contributed by atoms with van der Waals surface area (Å²) >= 11 is 1.75. The number of anilines is 1. The first kappa shape index (κ1) is 23.3. The fraction of sp³-hybridized carbons (Fsp3) is 0.444. The van der Waals surface area contributed by atoms with Gasteiger partial charge in [-0.25, -0.2) is 9.97 Å². The van der Waals surface area contributed by atoms with Gasteiger partial charge in [0.15, 0.2) is 5.96 Å². The second-order valence-corrected chi connectivity index (χ2v) is 6.97. The van der Waals surface area contributed by atoms with E-state index in [9.17, 15) is 4.79 Å². The molecule has 0 saturated carbocycles. The largest absolute Gasteiger partial charge is 0.356 e. The Morgan fingerprint density at radius 2 is 1.96 bits per heavy atom. The second kappa shape index (κ2) is 12.6. The van der Waals surface area contributed by atoms with E-state index in [1.807, 2.05) is 19.2 Å². The number of thiazole rings is 1. The van der Waals surface area contributed by atoms with Gasteiger partial charge in [0.1, 0.15) is 5.82 Å². The first-order chi connectivity index (χ1) is 12.6. The molecule has 0 aliphatic carbocycles. The first-order valence-corrected chi connectivity index (χ1v) is 9.53. The average molecular weight is 502 g/mol. The zero-order chi connectivity index (χ0) is 18.8. The van der Waals surface area contributed by atoms with Crippen molar-refractivity contribution in [2.24, 2.45) is 4.99 Å². The van der Waals surface area contributed by atoms with E-state index >= 15 is 0 Å². The quantitative estimate of drug-likeness (QED) is 0.294. The monoisotopic (exact) mass is 502 g/mol. The Hall–Kier alpha value is -1.75. The number of amides is 1. The maximum atomic E-state index is 11.9. The molecule has 2 rings (SSSR count). The highest BCUT2D eigenvalue weighted by Crippen LogP contribution is 2.13. The first-order valence-electron chi connectivity index (χ1n) is 8.71. The number of aryl methyl sites for hydroxylation is 2. The van der Waals surface area contributed by atoms with Gasteiger partial charge in [-0.2, -0.15) is 0 Å². The van der Waals surface area contributed by atoms with Crippen LogP contribution < -0.4 is 16.0 Å². The SMILES string of the molecule is CCc1cnc(CCNC(=NC)NCCC(=O)Nc2ccc(C)cn2)s1.I. The van der Waals surface area contributed by atoms with Gasteiger partial charge in [-0.3, -0.25) is 9.79 Å². The van der Waals surface area contributed by atoms with Gasteiger partial charge in [0, 0.05) is 50.2 Å². The third-order valence-corrected chi connectivity index (χ3v) is 4.83. The summed E-state index contributed by atoms with van der Waals surface area (Å²) in [4.78, 5) is 26.0. The summed E-state index contributed by atoms with van der Waals surface area (Å²) in [6.07, 6.45) is 5.88. The molecule has 0 unspecified atom stereocenters. The van der Waals surface area contributed by atoms with Crippen molar-refractivity contribution < 1.29 is 4.79 Å². The normalized spacial score (nSPS) is 10.9. The van der Waals surface area contributed by atoms with E-state index in [2.05, 4.69) is 37.8 Å². The third kappa shape index (κ3) is 8.65. The number of carbonyl (C=O) groups excluding carboxylic acids is 1. The number of hydrogen-bond donors (Lipinski definition) is 3. The zero-order valence-corrected chi connectivity index (χ0v) is 19.1. The van der Waals surface area contributed by atoms with Crippen molar-refractivity contribution in [1.82, 2.24) is 20.6 Å². The average Bonchev–Trinajstić information content (AvgIpc) is 3.10. The topological polar surface area (TPSA) is 91.3 Å². The molecule has 7 nitrogen and oxygen atoms in total. The summed E-state index contributed by atoms with van der Waals surface area (Å²) in [5.74, 6) is 1.16. The number of halogens is 1. The molecule has 2 aromatic heterocycles. The molecule has 0 bridgehead atoms. The smallest absolute Gasteiger partial charge is 0.227 e. The van der Waals surface area contributed by atoms with Gasteiger partial charge in [0.25, 0.3) is 0 Å². The summed E-state index contributed by atoms with van der Waals surface area (Å²) < 4.78 is 0. The second-order valence-electron chi connectivity index (χ2n) is 5.77. The van der Waals surface area contributed by atoms with Crippen LogP contribution in [0.5, 0.6) is 0 Å². The Labute approximate surface area is 181 Å². The molecule has 27 heavy (non-hydrogen) atoms. The third-order valence-electron chi connectivity index (χ3n) is 3.63. The molecular weight excluding hydrogens is 475 g/mol. The molecule has 2 heterocycles. The molecule has 0 saturated heterocycles. The minimum atomic E-state index is -0.0841. The van der Waals surface area contributed by atoms with E-state index in [0.717, 1.165) is 30.0 Å². The standard InChI is InChI=1S/C18H26N6OS.HI/c1-4-14-12-23-17(26-14)8-10-21-18(19-3)20-9-7-16(25)24-15-6-5-13(2)11-22-15;/h5-6,11-12H,4,7-10H2,1-3H3,(H2,19,20,21)(H,22,24,25);1H. The lowest BCUT2D eigenvalue weighted by Gasteiger charge is -2.11. The van der Waals surface area contributed by atoms with Crippen molar-refractivity contribution in [1.29, 1.82) is 0 Å². The van der Waals surface area contributed by atoms with Gasteiger partial charge < -0.3 is 16.0 Å². The number of aromatic nitrogens is 2. The van der Waals surface area contributed by atoms with Crippen LogP contribution in [0.1, 0.15) is 28.8 Å². The number of rotatable bonds is 8. The molecule has 2 aromatic rings. The highest BCUT2D eigenvalue weighted by molar-refractivity contribution is 14.0. The minimum Gasteiger partial charge on any atom is -0.356 e. The van der Waals surface area contributed by atoms with E-state index in [-0.39, 0.29) is 29.9 Å². The van der Waals surface area contributed by atoms with E-state index in [4.69, 9.17) is 0 Å². The maximum Gasteiger partial charge on any atom is 0.227 e. The molecule has 9 heteroatoms. The molecule has 0 aliphatic heterocycles. The molecule has 0 radical (unpaired) electrons. The molecule has 0 fully saturated rings. The Morgan fingerprint density at radius 1 is 1.19 bits per heavy atom. The summed E-state index contributed by atoms with van der Waals surface area (Å²) in [5.41, 5.74) is 1.06. The number of guanidine groups is 1. The summed E-state index contributed by atoms with van der Waals surface area (Å²) in [6, 6.07) is 3.71. The molecule has 148 valence electrons. The highest BCUT2D eigenvalue weighted by atomic mass is 127. The fourth-order valence-corrected chi connectivity index (χ4v) is 3.04. The van der Waals surface area contributed by atoms with Gasteiger partial charge in [-0.05, 0) is 25.0 Å². The predicted octanol–water partition coefficient (Wildman–Crippen LogP) is 2.76. The number of pyridine rings is 1. The molecule has 0 aliphatic rings. The van der Waals surface area contributed by atoms with Crippen LogP contribution in [0.4, 0.5) is 5.82 Å². The van der Waals surface area contributed by atoms with Crippen LogP contribution in [0, 0.1) is 6.92 Å². The van der Waals surface area contributed by atoms with Gasteiger partial charge in [-0.1, -0.05) is 13.0 Å². The molecule has 0 spiro atoms. The summed E-state index contributed by atoms with van der Waals surface area (Å²) in [5, 5.41) is 10.3. The van der Waals surface area contributed by atoms with Crippen molar-refractivity contribution in [2.75, 3.05) is 25.5 Å². The number of nitrogens with zero attached hydrogens (tertiary/aromatic N) is 3. The molecule has 0 aromatic carbocycles. The van der Waals surface area contributed by atoms with Gasteiger partial charge in [0.05, 0.1) is 5.01 Å². The molecule has 1 amide bonds. The van der Waals surface area contributed by atoms with Crippen molar-refractivity contribution >= 4 is 53.0 Å². The van der Waals surface area contributed by atoms with Crippen molar-refractivity contribution in [3.8, 4) is 0 Å².